The number of hydrogen-bond acceptors (Lipinski definition) is 3. The third-order valence-corrected chi connectivity index (χ3v) is 4.34. The van der Waals surface area contributed by atoms with Gasteiger partial charge in [-0.1, -0.05) is 36.6 Å². The van der Waals surface area contributed by atoms with Gasteiger partial charge in [0.1, 0.15) is 0 Å². The van der Waals surface area contributed by atoms with Crippen molar-refractivity contribution in [2.45, 2.75) is 38.1 Å². The zero-order valence-electron chi connectivity index (χ0n) is 11.7. The van der Waals surface area contributed by atoms with Gasteiger partial charge in [0.2, 0.25) is 0 Å². The molecule has 20 heavy (non-hydrogen) atoms. The largest absolute Gasteiger partial charge is 0.395 e. The molecule has 2 rings (SSSR count). The Bertz CT molecular complexity index is 450. The Balaban J connectivity index is 1.93. The number of halogens is 1. The summed E-state index contributed by atoms with van der Waals surface area (Å²) in [5.74, 6) is 0.0801. The zero-order chi connectivity index (χ0) is 14.4. The Hall–Kier alpha value is -0.900. The Morgan fingerprint density at radius 2 is 2.10 bits per heavy atom. The maximum Gasteiger partial charge on any atom is 0.165 e. The van der Waals surface area contributed by atoms with Crippen molar-refractivity contribution in [3.63, 3.8) is 0 Å². The molecule has 0 aromatic heterocycles. The van der Waals surface area contributed by atoms with E-state index in [-0.39, 0.29) is 18.4 Å². The van der Waals surface area contributed by atoms with Gasteiger partial charge in [-0.2, -0.15) is 0 Å². The van der Waals surface area contributed by atoms with Gasteiger partial charge in [-0.15, -0.1) is 0 Å². The maximum atomic E-state index is 12.2. The van der Waals surface area contributed by atoms with Crippen molar-refractivity contribution < 1.29 is 9.90 Å². The SMILES string of the molecule is O=C(CCN1CCCCCC1CO)c1ccccc1Cl. The number of rotatable bonds is 5. The summed E-state index contributed by atoms with van der Waals surface area (Å²) in [6, 6.07) is 7.39. The number of carbonyl (C=O) groups is 1. The minimum atomic E-state index is 0.0801. The van der Waals surface area contributed by atoms with Crippen LogP contribution in [0, 0.1) is 0 Å². The number of hydrogen-bond donors (Lipinski definition) is 1. The van der Waals surface area contributed by atoms with Crippen molar-refractivity contribution in [1.82, 2.24) is 4.90 Å². The zero-order valence-corrected chi connectivity index (χ0v) is 12.5. The third-order valence-electron chi connectivity index (χ3n) is 4.01. The quantitative estimate of drug-likeness (QED) is 0.848. The molecule has 4 heteroatoms. The summed E-state index contributed by atoms with van der Waals surface area (Å²) in [6.45, 7) is 1.86. The van der Waals surface area contributed by atoms with E-state index in [0.29, 0.717) is 23.6 Å². The average Bonchev–Trinajstić information content (AvgIpc) is 2.70. The molecule has 1 atom stereocenters. The number of nitrogens with zero attached hydrogens (tertiary/aromatic N) is 1. The fourth-order valence-corrected chi connectivity index (χ4v) is 3.05. The molecule has 1 aromatic carbocycles. The van der Waals surface area contributed by atoms with Gasteiger partial charge in [0.05, 0.1) is 11.6 Å². The third kappa shape index (κ3) is 4.05. The molecule has 1 N–H and O–H groups in total. The summed E-state index contributed by atoms with van der Waals surface area (Å²) in [7, 11) is 0. The second kappa shape index (κ2) is 7.77. The predicted octanol–water partition coefficient (Wildman–Crippen LogP) is 3.15. The Kier molecular flexibility index (Phi) is 6.02. The smallest absolute Gasteiger partial charge is 0.165 e. The molecule has 1 aromatic rings. The maximum absolute atomic E-state index is 12.2. The average molecular weight is 296 g/mol. The first kappa shape index (κ1) is 15.5. The summed E-state index contributed by atoms with van der Waals surface area (Å²) in [4.78, 5) is 14.5. The Labute approximate surface area is 125 Å². The minimum Gasteiger partial charge on any atom is -0.395 e. The molecule has 1 heterocycles. The lowest BCUT2D eigenvalue weighted by molar-refractivity contribution is 0.0910. The van der Waals surface area contributed by atoms with Gasteiger partial charge in [-0.05, 0) is 31.5 Å². The standard InChI is InChI=1S/C16H22ClNO2/c17-15-8-4-3-7-14(15)16(20)9-11-18-10-5-1-2-6-13(18)12-19/h3-4,7-8,13,19H,1-2,5-6,9-12H2. The number of aliphatic hydroxyl groups is 1. The molecule has 0 bridgehead atoms. The van der Waals surface area contributed by atoms with Gasteiger partial charge in [-0.3, -0.25) is 9.69 Å². The highest BCUT2D eigenvalue weighted by atomic mass is 35.5. The van der Waals surface area contributed by atoms with Crippen LogP contribution in [0.15, 0.2) is 24.3 Å². The molecule has 0 aliphatic carbocycles. The fourth-order valence-electron chi connectivity index (χ4n) is 2.81. The van der Waals surface area contributed by atoms with E-state index in [0.717, 1.165) is 19.4 Å². The van der Waals surface area contributed by atoms with Crippen LogP contribution in [0.4, 0.5) is 0 Å². The predicted molar refractivity (Wildman–Crippen MR) is 81.3 cm³/mol. The van der Waals surface area contributed by atoms with Crippen LogP contribution in [0.5, 0.6) is 0 Å². The van der Waals surface area contributed by atoms with Crippen molar-refractivity contribution in [3.05, 3.63) is 34.9 Å². The molecule has 1 unspecified atom stereocenters. The van der Waals surface area contributed by atoms with Crippen LogP contribution in [0.1, 0.15) is 42.5 Å². The number of benzene rings is 1. The summed E-state index contributed by atoms with van der Waals surface area (Å²) in [5.41, 5.74) is 0.601. The first-order valence-corrected chi connectivity index (χ1v) is 7.73. The van der Waals surface area contributed by atoms with Gasteiger partial charge in [0.25, 0.3) is 0 Å². The summed E-state index contributed by atoms with van der Waals surface area (Å²) < 4.78 is 0. The van der Waals surface area contributed by atoms with E-state index in [9.17, 15) is 9.90 Å². The Morgan fingerprint density at radius 3 is 2.85 bits per heavy atom. The normalized spacial score (nSPS) is 20.6. The molecular formula is C16H22ClNO2. The van der Waals surface area contributed by atoms with Gasteiger partial charge in [0.15, 0.2) is 5.78 Å². The molecule has 1 aliphatic heterocycles. The second-order valence-electron chi connectivity index (χ2n) is 5.37. The molecule has 110 valence electrons. The van der Waals surface area contributed by atoms with Gasteiger partial charge >= 0.3 is 0 Å². The van der Waals surface area contributed by atoms with Crippen molar-refractivity contribution in [2.75, 3.05) is 19.7 Å². The number of ketones is 1. The lowest BCUT2D eigenvalue weighted by atomic mass is 10.1. The lowest BCUT2D eigenvalue weighted by Crippen LogP contribution is -2.38. The molecule has 1 fully saturated rings. The van der Waals surface area contributed by atoms with E-state index in [1.165, 1.54) is 12.8 Å². The number of likely N-dealkylation sites (tertiary alicyclic amines) is 1. The highest BCUT2D eigenvalue weighted by Crippen LogP contribution is 2.19. The van der Waals surface area contributed by atoms with Crippen LogP contribution < -0.4 is 0 Å². The van der Waals surface area contributed by atoms with E-state index < -0.39 is 0 Å². The monoisotopic (exact) mass is 295 g/mol. The van der Waals surface area contributed by atoms with Crippen LogP contribution in [0.25, 0.3) is 0 Å². The van der Waals surface area contributed by atoms with Crippen molar-refractivity contribution in [3.8, 4) is 0 Å². The number of carbonyl (C=O) groups excluding carboxylic acids is 1. The van der Waals surface area contributed by atoms with Crippen LogP contribution in [0.3, 0.4) is 0 Å². The molecule has 1 saturated heterocycles. The van der Waals surface area contributed by atoms with Crippen molar-refractivity contribution in [1.29, 1.82) is 0 Å². The first-order valence-electron chi connectivity index (χ1n) is 7.35. The number of aliphatic hydroxyl groups excluding tert-OH is 1. The Morgan fingerprint density at radius 1 is 1.30 bits per heavy atom. The van der Waals surface area contributed by atoms with E-state index in [1.54, 1.807) is 12.1 Å². The molecule has 3 nitrogen and oxygen atoms in total. The van der Waals surface area contributed by atoms with Gasteiger partial charge in [-0.25, -0.2) is 0 Å². The van der Waals surface area contributed by atoms with Crippen LogP contribution in [-0.4, -0.2) is 41.5 Å². The van der Waals surface area contributed by atoms with Crippen molar-refractivity contribution >= 4 is 17.4 Å². The van der Waals surface area contributed by atoms with Gasteiger partial charge < -0.3 is 5.11 Å². The summed E-state index contributed by atoms with van der Waals surface area (Å²) in [6.07, 6.45) is 5.01. The molecule has 0 amide bonds. The van der Waals surface area contributed by atoms with Crippen LogP contribution in [0.2, 0.25) is 5.02 Å². The molecule has 0 radical (unpaired) electrons. The van der Waals surface area contributed by atoms with Crippen LogP contribution in [-0.2, 0) is 0 Å². The van der Waals surface area contributed by atoms with E-state index in [4.69, 9.17) is 11.6 Å². The topological polar surface area (TPSA) is 40.5 Å². The fraction of sp³-hybridized carbons (Fsp3) is 0.562. The van der Waals surface area contributed by atoms with Crippen molar-refractivity contribution in [2.24, 2.45) is 0 Å². The number of Topliss-reactive ketones (excluding diaryl/α,β-unsaturated/α-hetero) is 1. The first-order chi connectivity index (χ1) is 9.72. The summed E-state index contributed by atoms with van der Waals surface area (Å²) in [5, 5.41) is 9.99. The van der Waals surface area contributed by atoms with Gasteiger partial charge in [0, 0.05) is 24.6 Å². The van der Waals surface area contributed by atoms with Crippen LogP contribution >= 0.6 is 11.6 Å². The molecule has 0 spiro atoms. The minimum absolute atomic E-state index is 0.0801. The van der Waals surface area contributed by atoms with E-state index in [2.05, 4.69) is 4.90 Å². The molecule has 1 aliphatic rings. The lowest BCUT2D eigenvalue weighted by Gasteiger charge is -2.28. The summed E-state index contributed by atoms with van der Waals surface area (Å²) >= 11 is 6.05. The molecule has 0 saturated carbocycles. The highest BCUT2D eigenvalue weighted by Gasteiger charge is 2.21. The molecular weight excluding hydrogens is 274 g/mol. The highest BCUT2D eigenvalue weighted by molar-refractivity contribution is 6.33. The second-order valence-corrected chi connectivity index (χ2v) is 5.78. The van der Waals surface area contributed by atoms with E-state index >= 15 is 0 Å². The van der Waals surface area contributed by atoms with E-state index in [1.807, 2.05) is 12.1 Å².